The molecule has 1 unspecified atom stereocenters. The number of benzene rings is 2. The molecule has 0 spiro atoms. The van der Waals surface area contributed by atoms with Crippen molar-refractivity contribution >= 4 is 17.6 Å². The minimum Gasteiger partial charge on any atom is -0.283 e. The number of hydrazine groups is 1. The van der Waals surface area contributed by atoms with Crippen molar-refractivity contribution in [1.29, 1.82) is 0 Å². The predicted molar refractivity (Wildman–Crippen MR) is 89.2 cm³/mol. The topological polar surface area (TPSA) is 55.9 Å². The molecular weight excluding hydrogens is 323 g/mol. The van der Waals surface area contributed by atoms with Gasteiger partial charge in [0.05, 0.1) is 6.54 Å². The van der Waals surface area contributed by atoms with Gasteiger partial charge in [0.15, 0.2) is 6.17 Å². The lowest BCUT2D eigenvalue weighted by molar-refractivity contribution is -0.122. The van der Waals surface area contributed by atoms with Crippen molar-refractivity contribution < 1.29 is 14.0 Å². The number of urea groups is 1. The van der Waals surface area contributed by atoms with Crippen LogP contribution in [-0.2, 0) is 11.3 Å². The summed E-state index contributed by atoms with van der Waals surface area (Å²) in [6.07, 6.45) is 2.37. The van der Waals surface area contributed by atoms with Gasteiger partial charge in [-0.25, -0.2) is 9.18 Å². The Balaban J connectivity index is 1.54. The number of carbonyl (C=O) groups is 2. The zero-order chi connectivity index (χ0) is 17.4. The van der Waals surface area contributed by atoms with Crippen LogP contribution in [0.25, 0.3) is 0 Å². The van der Waals surface area contributed by atoms with E-state index in [1.807, 2.05) is 30.3 Å². The van der Waals surface area contributed by atoms with Crippen LogP contribution in [0, 0.1) is 5.82 Å². The molecule has 3 amide bonds. The van der Waals surface area contributed by atoms with Gasteiger partial charge in [0.2, 0.25) is 0 Å². The highest BCUT2D eigenvalue weighted by atomic mass is 19.1. The van der Waals surface area contributed by atoms with Crippen LogP contribution in [0.5, 0.6) is 0 Å². The average Bonchev–Trinajstić information content (AvgIpc) is 2.95. The number of amides is 3. The average molecular weight is 338 g/mol. The third-order valence-corrected chi connectivity index (χ3v) is 4.14. The Morgan fingerprint density at radius 2 is 1.68 bits per heavy atom. The number of anilines is 1. The molecule has 2 heterocycles. The summed E-state index contributed by atoms with van der Waals surface area (Å²) in [5, 5.41) is 1.36. The number of nitrogens with one attached hydrogen (secondary N) is 1. The molecule has 126 valence electrons. The summed E-state index contributed by atoms with van der Waals surface area (Å²) in [6, 6.07) is 14.8. The lowest BCUT2D eigenvalue weighted by Crippen LogP contribution is -2.51. The highest BCUT2D eigenvalue weighted by Gasteiger charge is 2.44. The summed E-state index contributed by atoms with van der Waals surface area (Å²) in [6.45, 7) is 0.235. The van der Waals surface area contributed by atoms with E-state index in [0.717, 1.165) is 11.3 Å². The van der Waals surface area contributed by atoms with Crippen LogP contribution in [0.4, 0.5) is 14.9 Å². The highest BCUT2D eigenvalue weighted by Crippen LogP contribution is 2.24. The van der Waals surface area contributed by atoms with Crippen molar-refractivity contribution in [3.8, 4) is 0 Å². The fourth-order valence-corrected chi connectivity index (χ4v) is 2.87. The molecule has 1 fully saturated rings. The molecule has 0 bridgehead atoms. The Morgan fingerprint density at radius 3 is 2.40 bits per heavy atom. The molecular formula is C18H15FN4O2. The van der Waals surface area contributed by atoms with Crippen LogP contribution in [0.2, 0.25) is 0 Å². The number of carbonyl (C=O) groups excluding carboxylic acids is 2. The van der Waals surface area contributed by atoms with Crippen molar-refractivity contribution in [3.63, 3.8) is 0 Å². The van der Waals surface area contributed by atoms with E-state index in [1.165, 1.54) is 26.9 Å². The van der Waals surface area contributed by atoms with E-state index in [9.17, 15) is 14.0 Å². The van der Waals surface area contributed by atoms with Crippen molar-refractivity contribution in [2.45, 2.75) is 12.7 Å². The molecule has 0 radical (unpaired) electrons. The van der Waals surface area contributed by atoms with E-state index in [0.29, 0.717) is 0 Å². The number of rotatable bonds is 3. The van der Waals surface area contributed by atoms with Crippen LogP contribution in [0.3, 0.4) is 0 Å². The molecule has 6 nitrogen and oxygen atoms in total. The summed E-state index contributed by atoms with van der Waals surface area (Å²) < 4.78 is 13.0. The van der Waals surface area contributed by atoms with Crippen LogP contribution < -0.4 is 10.3 Å². The molecule has 4 rings (SSSR count). The predicted octanol–water partition coefficient (Wildman–Crippen LogP) is 2.41. The maximum absolute atomic E-state index is 13.0. The van der Waals surface area contributed by atoms with Gasteiger partial charge < -0.3 is 0 Å². The summed E-state index contributed by atoms with van der Waals surface area (Å²) in [5.74, 6) is -0.581. The Labute approximate surface area is 143 Å². The number of para-hydroxylation sites is 1. The van der Waals surface area contributed by atoms with Gasteiger partial charge in [-0.1, -0.05) is 30.3 Å². The smallest absolute Gasteiger partial charge is 0.283 e. The van der Waals surface area contributed by atoms with Gasteiger partial charge in [-0.05, 0) is 29.8 Å². The van der Waals surface area contributed by atoms with Crippen LogP contribution in [0.15, 0.2) is 67.0 Å². The summed E-state index contributed by atoms with van der Waals surface area (Å²) in [4.78, 5) is 28.1. The Bertz CT molecular complexity index is 838. The zero-order valence-electron chi connectivity index (χ0n) is 13.2. The van der Waals surface area contributed by atoms with Crippen molar-refractivity contribution in [1.82, 2.24) is 15.3 Å². The third-order valence-electron chi connectivity index (χ3n) is 4.14. The van der Waals surface area contributed by atoms with Gasteiger partial charge in [0.25, 0.3) is 5.91 Å². The minimum atomic E-state index is -0.793. The van der Waals surface area contributed by atoms with Gasteiger partial charge >= 0.3 is 6.03 Å². The van der Waals surface area contributed by atoms with Crippen LogP contribution >= 0.6 is 0 Å². The number of hydrogen-bond donors (Lipinski definition) is 1. The molecule has 1 atom stereocenters. The van der Waals surface area contributed by atoms with Gasteiger partial charge in [-0.15, -0.1) is 0 Å². The number of fused-ring (bicyclic) bond motifs is 1. The molecule has 1 N–H and O–H groups in total. The lowest BCUT2D eigenvalue weighted by atomic mass is 10.2. The van der Waals surface area contributed by atoms with E-state index in [2.05, 4.69) is 5.43 Å². The third kappa shape index (κ3) is 2.74. The molecule has 0 aliphatic carbocycles. The molecule has 0 saturated carbocycles. The summed E-state index contributed by atoms with van der Waals surface area (Å²) in [7, 11) is 0. The molecule has 1 saturated heterocycles. The first-order valence-electron chi connectivity index (χ1n) is 7.80. The first-order valence-corrected chi connectivity index (χ1v) is 7.80. The SMILES string of the molecule is O=C1C2NN(Cc3ccc(F)cc3)C(=O)N2C=CN1c1ccccc1. The quantitative estimate of drug-likeness (QED) is 0.935. The van der Waals surface area contributed by atoms with Crippen molar-refractivity contribution in [2.24, 2.45) is 0 Å². The van der Waals surface area contributed by atoms with Gasteiger partial charge in [-0.2, -0.15) is 5.43 Å². The van der Waals surface area contributed by atoms with Crippen LogP contribution in [0.1, 0.15) is 5.56 Å². The van der Waals surface area contributed by atoms with E-state index in [1.54, 1.807) is 24.5 Å². The maximum Gasteiger partial charge on any atom is 0.340 e. The van der Waals surface area contributed by atoms with Crippen molar-refractivity contribution in [3.05, 3.63) is 78.4 Å². The molecule has 0 aromatic heterocycles. The van der Waals surface area contributed by atoms with E-state index >= 15 is 0 Å². The van der Waals surface area contributed by atoms with E-state index in [4.69, 9.17) is 0 Å². The minimum absolute atomic E-state index is 0.235. The zero-order valence-corrected chi connectivity index (χ0v) is 13.2. The van der Waals surface area contributed by atoms with E-state index in [-0.39, 0.29) is 24.3 Å². The Kier molecular flexibility index (Phi) is 3.70. The standard InChI is InChI=1S/C18H15FN4O2/c19-14-8-6-13(7-9-14)12-23-18(25)22-11-10-21(17(24)16(22)20-23)15-4-2-1-3-5-15/h1-11,16,20H,12H2. The Hall–Kier alpha value is -3.19. The molecule has 2 aromatic carbocycles. The highest BCUT2D eigenvalue weighted by molar-refractivity contribution is 6.02. The maximum atomic E-state index is 13.0. The molecule has 7 heteroatoms. The number of hydrogen-bond acceptors (Lipinski definition) is 3. The van der Waals surface area contributed by atoms with E-state index < -0.39 is 6.17 Å². The number of halogens is 1. The monoisotopic (exact) mass is 338 g/mol. The van der Waals surface area contributed by atoms with Crippen molar-refractivity contribution in [2.75, 3.05) is 4.90 Å². The summed E-state index contributed by atoms with van der Waals surface area (Å²) >= 11 is 0. The first kappa shape index (κ1) is 15.3. The lowest BCUT2D eigenvalue weighted by Gasteiger charge is -2.29. The second-order valence-corrected chi connectivity index (χ2v) is 5.78. The second kappa shape index (κ2) is 6.03. The molecule has 2 aromatic rings. The largest absolute Gasteiger partial charge is 0.340 e. The second-order valence-electron chi connectivity index (χ2n) is 5.78. The fraction of sp³-hybridized carbons (Fsp3) is 0.111. The normalized spacial score (nSPS) is 19.6. The fourth-order valence-electron chi connectivity index (χ4n) is 2.87. The number of nitrogens with zero attached hydrogens (tertiary/aromatic N) is 3. The Morgan fingerprint density at radius 1 is 0.960 bits per heavy atom. The first-order chi connectivity index (χ1) is 12.1. The molecule has 2 aliphatic heterocycles. The molecule has 25 heavy (non-hydrogen) atoms. The van der Waals surface area contributed by atoms with Gasteiger partial charge in [0, 0.05) is 18.1 Å². The molecule has 2 aliphatic rings. The van der Waals surface area contributed by atoms with Gasteiger partial charge in [0.1, 0.15) is 5.82 Å². The van der Waals surface area contributed by atoms with Gasteiger partial charge in [-0.3, -0.25) is 19.6 Å². The summed E-state index contributed by atoms with van der Waals surface area (Å²) in [5.41, 5.74) is 4.42. The van der Waals surface area contributed by atoms with Crippen LogP contribution in [-0.4, -0.2) is 28.0 Å².